The molecular weight excluding hydrogens is 246 g/mol. The fourth-order valence-corrected chi connectivity index (χ4v) is 1.52. The highest BCUT2D eigenvalue weighted by Gasteiger charge is 2.11. The molecule has 19 heavy (non-hydrogen) atoms. The molecule has 6 heteroatoms. The second-order valence-electron chi connectivity index (χ2n) is 4.26. The smallest absolute Gasteiger partial charge is 0.338 e. The standard InChI is InChI=1S/C13H15N3O3/c1-9-14-12(19-15-9)8-18-13(17)10-5-4-6-11(7-10)16(2)3/h4-7H,8H2,1-3H3. The molecule has 1 heterocycles. The number of benzene rings is 1. The first kappa shape index (κ1) is 13.1. The van der Waals surface area contributed by atoms with E-state index in [1.165, 1.54) is 0 Å². The molecule has 0 spiro atoms. The maximum Gasteiger partial charge on any atom is 0.338 e. The number of anilines is 1. The highest BCUT2D eigenvalue weighted by molar-refractivity contribution is 5.90. The lowest BCUT2D eigenvalue weighted by molar-refractivity contribution is 0.0430. The Bertz CT molecular complexity index is 578. The van der Waals surface area contributed by atoms with Crippen molar-refractivity contribution in [1.29, 1.82) is 0 Å². The first-order chi connectivity index (χ1) is 9.06. The molecule has 6 nitrogen and oxygen atoms in total. The topological polar surface area (TPSA) is 68.5 Å². The highest BCUT2D eigenvalue weighted by Crippen LogP contribution is 2.14. The molecule has 0 aliphatic rings. The lowest BCUT2D eigenvalue weighted by Gasteiger charge is -2.12. The molecule has 0 aliphatic heterocycles. The van der Waals surface area contributed by atoms with Crippen molar-refractivity contribution in [2.75, 3.05) is 19.0 Å². The highest BCUT2D eigenvalue weighted by atomic mass is 16.6. The van der Waals surface area contributed by atoms with Gasteiger partial charge in [-0.25, -0.2) is 4.79 Å². The van der Waals surface area contributed by atoms with Crippen molar-refractivity contribution < 1.29 is 14.1 Å². The van der Waals surface area contributed by atoms with E-state index >= 15 is 0 Å². The van der Waals surface area contributed by atoms with E-state index in [0.29, 0.717) is 11.4 Å². The van der Waals surface area contributed by atoms with E-state index in [0.717, 1.165) is 5.69 Å². The first-order valence-electron chi connectivity index (χ1n) is 5.80. The van der Waals surface area contributed by atoms with Gasteiger partial charge in [0.2, 0.25) is 0 Å². The molecule has 0 atom stereocenters. The minimum Gasteiger partial charge on any atom is -0.452 e. The zero-order valence-electron chi connectivity index (χ0n) is 11.1. The summed E-state index contributed by atoms with van der Waals surface area (Å²) in [5.41, 5.74) is 1.42. The zero-order chi connectivity index (χ0) is 13.8. The second kappa shape index (κ2) is 5.51. The number of ether oxygens (including phenoxy) is 1. The van der Waals surface area contributed by atoms with Crippen LogP contribution in [0.2, 0.25) is 0 Å². The number of hydrogen-bond acceptors (Lipinski definition) is 6. The molecule has 100 valence electrons. The summed E-state index contributed by atoms with van der Waals surface area (Å²) in [6, 6.07) is 7.19. The number of nitrogens with zero attached hydrogens (tertiary/aromatic N) is 3. The Morgan fingerprint density at radius 1 is 1.42 bits per heavy atom. The van der Waals surface area contributed by atoms with Gasteiger partial charge in [-0.1, -0.05) is 11.2 Å². The van der Waals surface area contributed by atoms with Gasteiger partial charge in [0, 0.05) is 19.8 Å². The molecule has 0 aliphatic carbocycles. The van der Waals surface area contributed by atoms with E-state index in [-0.39, 0.29) is 12.5 Å². The molecule has 1 aromatic heterocycles. The SMILES string of the molecule is Cc1noc(COC(=O)c2cccc(N(C)C)c2)n1. The molecule has 0 amide bonds. The van der Waals surface area contributed by atoms with Gasteiger partial charge in [-0.3, -0.25) is 0 Å². The number of aromatic nitrogens is 2. The molecular formula is C13H15N3O3. The fraction of sp³-hybridized carbons (Fsp3) is 0.308. The number of rotatable bonds is 4. The third kappa shape index (κ3) is 3.31. The Labute approximate surface area is 111 Å². The van der Waals surface area contributed by atoms with Gasteiger partial charge in [0.1, 0.15) is 0 Å². The lowest BCUT2D eigenvalue weighted by atomic mass is 10.2. The summed E-state index contributed by atoms with van der Waals surface area (Å²) in [6.07, 6.45) is 0. The molecule has 2 rings (SSSR count). The van der Waals surface area contributed by atoms with Crippen LogP contribution < -0.4 is 4.90 Å². The molecule has 0 fully saturated rings. The average Bonchev–Trinajstić information content (AvgIpc) is 2.82. The molecule has 0 radical (unpaired) electrons. The molecule has 0 N–H and O–H groups in total. The monoisotopic (exact) mass is 261 g/mol. The quantitative estimate of drug-likeness (QED) is 0.782. The predicted octanol–water partition coefficient (Wildman–Crippen LogP) is 1.80. The predicted molar refractivity (Wildman–Crippen MR) is 68.9 cm³/mol. The Hall–Kier alpha value is -2.37. The van der Waals surface area contributed by atoms with Crippen LogP contribution in [0.25, 0.3) is 0 Å². The van der Waals surface area contributed by atoms with Crippen LogP contribution in [-0.2, 0) is 11.3 Å². The van der Waals surface area contributed by atoms with Gasteiger partial charge in [0.25, 0.3) is 5.89 Å². The van der Waals surface area contributed by atoms with Crippen molar-refractivity contribution >= 4 is 11.7 Å². The van der Waals surface area contributed by atoms with Crippen LogP contribution in [0.15, 0.2) is 28.8 Å². The minimum absolute atomic E-state index is 0.0220. The van der Waals surface area contributed by atoms with Crippen LogP contribution >= 0.6 is 0 Å². The van der Waals surface area contributed by atoms with Gasteiger partial charge >= 0.3 is 5.97 Å². The summed E-state index contributed by atoms with van der Waals surface area (Å²) in [5, 5.41) is 3.62. The van der Waals surface area contributed by atoms with E-state index in [4.69, 9.17) is 9.26 Å². The van der Waals surface area contributed by atoms with Crippen molar-refractivity contribution in [1.82, 2.24) is 10.1 Å². The third-order valence-electron chi connectivity index (χ3n) is 2.49. The number of carbonyl (C=O) groups is 1. The molecule has 0 saturated heterocycles. The Morgan fingerprint density at radius 2 is 2.21 bits per heavy atom. The summed E-state index contributed by atoms with van der Waals surface area (Å²) >= 11 is 0. The molecule has 2 aromatic rings. The third-order valence-corrected chi connectivity index (χ3v) is 2.49. The van der Waals surface area contributed by atoms with E-state index in [1.54, 1.807) is 19.1 Å². The maximum atomic E-state index is 11.9. The Morgan fingerprint density at radius 3 is 2.84 bits per heavy atom. The van der Waals surface area contributed by atoms with Gasteiger partial charge in [0.05, 0.1) is 5.56 Å². The van der Waals surface area contributed by atoms with Crippen molar-refractivity contribution in [3.05, 3.63) is 41.5 Å². The normalized spacial score (nSPS) is 10.3. The zero-order valence-corrected chi connectivity index (χ0v) is 11.1. The minimum atomic E-state index is -0.417. The number of aryl methyl sites for hydroxylation is 1. The van der Waals surface area contributed by atoms with Crippen LogP contribution in [0.1, 0.15) is 22.1 Å². The van der Waals surface area contributed by atoms with Crippen LogP contribution in [-0.4, -0.2) is 30.2 Å². The van der Waals surface area contributed by atoms with Gasteiger partial charge in [0.15, 0.2) is 12.4 Å². The molecule has 1 aromatic carbocycles. The van der Waals surface area contributed by atoms with Crippen LogP contribution in [0.5, 0.6) is 0 Å². The van der Waals surface area contributed by atoms with Gasteiger partial charge in [-0.05, 0) is 25.1 Å². The average molecular weight is 261 g/mol. The van der Waals surface area contributed by atoms with Gasteiger partial charge in [-0.2, -0.15) is 4.98 Å². The van der Waals surface area contributed by atoms with Gasteiger partial charge < -0.3 is 14.2 Å². The van der Waals surface area contributed by atoms with E-state index in [1.807, 2.05) is 31.1 Å². The number of esters is 1. The van der Waals surface area contributed by atoms with Crippen molar-refractivity contribution in [2.45, 2.75) is 13.5 Å². The van der Waals surface area contributed by atoms with Gasteiger partial charge in [-0.15, -0.1) is 0 Å². The number of hydrogen-bond donors (Lipinski definition) is 0. The van der Waals surface area contributed by atoms with Crippen molar-refractivity contribution in [2.24, 2.45) is 0 Å². The van der Waals surface area contributed by atoms with Crippen molar-refractivity contribution in [3.8, 4) is 0 Å². The van der Waals surface area contributed by atoms with Crippen LogP contribution in [0, 0.1) is 6.92 Å². The summed E-state index contributed by atoms with van der Waals surface area (Å²) in [6.45, 7) is 1.68. The fourth-order valence-electron chi connectivity index (χ4n) is 1.52. The second-order valence-corrected chi connectivity index (χ2v) is 4.26. The first-order valence-corrected chi connectivity index (χ1v) is 5.80. The summed E-state index contributed by atoms with van der Waals surface area (Å²) in [4.78, 5) is 17.7. The van der Waals surface area contributed by atoms with E-state index in [2.05, 4.69) is 10.1 Å². The molecule has 0 bridgehead atoms. The lowest BCUT2D eigenvalue weighted by Crippen LogP contribution is -2.11. The molecule has 0 saturated carbocycles. The van der Waals surface area contributed by atoms with E-state index < -0.39 is 5.97 Å². The maximum absolute atomic E-state index is 11.9. The summed E-state index contributed by atoms with van der Waals surface area (Å²) in [5.74, 6) is 0.384. The van der Waals surface area contributed by atoms with Crippen LogP contribution in [0.3, 0.4) is 0 Å². The Kier molecular flexibility index (Phi) is 3.79. The Balaban J connectivity index is 2.01. The van der Waals surface area contributed by atoms with E-state index in [9.17, 15) is 4.79 Å². The van der Waals surface area contributed by atoms with Crippen molar-refractivity contribution in [3.63, 3.8) is 0 Å². The summed E-state index contributed by atoms with van der Waals surface area (Å²) in [7, 11) is 3.82. The van der Waals surface area contributed by atoms with Crippen LogP contribution in [0.4, 0.5) is 5.69 Å². The summed E-state index contributed by atoms with van der Waals surface area (Å²) < 4.78 is 9.97. The molecule has 0 unspecified atom stereocenters. The number of carbonyl (C=O) groups excluding carboxylic acids is 1. The largest absolute Gasteiger partial charge is 0.452 e.